The molecule has 2 fully saturated rings. The average molecular weight is 258 g/mol. The van der Waals surface area contributed by atoms with Crippen molar-refractivity contribution in [3.05, 3.63) is 23.8 Å². The van der Waals surface area contributed by atoms with E-state index in [0.717, 1.165) is 18.4 Å². The highest BCUT2D eigenvalue weighted by Gasteiger charge is 2.52. The lowest BCUT2D eigenvalue weighted by Crippen LogP contribution is -2.32. The van der Waals surface area contributed by atoms with E-state index in [1.54, 1.807) is 12.1 Å². The molecule has 2 amide bonds. The number of carbonyl (C=O) groups is 2. The molecule has 0 radical (unpaired) electrons. The summed E-state index contributed by atoms with van der Waals surface area (Å²) >= 11 is 0. The summed E-state index contributed by atoms with van der Waals surface area (Å²) < 4.78 is 0. The third-order valence-electron chi connectivity index (χ3n) is 4.39. The van der Waals surface area contributed by atoms with Crippen molar-refractivity contribution in [2.24, 2.45) is 17.8 Å². The Morgan fingerprint density at radius 1 is 1.16 bits per heavy atom. The maximum atomic E-state index is 12.4. The van der Waals surface area contributed by atoms with Crippen molar-refractivity contribution in [3.63, 3.8) is 0 Å². The Balaban J connectivity index is 1.96. The van der Waals surface area contributed by atoms with Crippen LogP contribution in [-0.2, 0) is 9.59 Å². The van der Waals surface area contributed by atoms with Crippen LogP contribution in [0.15, 0.2) is 18.2 Å². The van der Waals surface area contributed by atoms with Gasteiger partial charge in [-0.25, -0.2) is 4.90 Å². The quantitative estimate of drug-likeness (QED) is 0.620. The van der Waals surface area contributed by atoms with E-state index in [1.807, 2.05) is 13.0 Å². The van der Waals surface area contributed by atoms with Crippen LogP contribution in [0.3, 0.4) is 0 Å². The molecule has 19 heavy (non-hydrogen) atoms. The predicted octanol–water partition coefficient (Wildman–Crippen LogP) is 2.11. The number of benzene rings is 1. The van der Waals surface area contributed by atoms with Gasteiger partial charge in [0.25, 0.3) is 0 Å². The number of nitrogens with zero attached hydrogens (tertiary/aromatic N) is 1. The van der Waals surface area contributed by atoms with Crippen LogP contribution in [0.5, 0.6) is 0 Å². The minimum atomic E-state index is -0.120. The Hall–Kier alpha value is -1.84. The van der Waals surface area contributed by atoms with Crippen LogP contribution in [0.25, 0.3) is 0 Å². The Labute approximate surface area is 112 Å². The van der Waals surface area contributed by atoms with E-state index in [-0.39, 0.29) is 23.7 Å². The van der Waals surface area contributed by atoms with Crippen LogP contribution in [-0.4, -0.2) is 11.8 Å². The summed E-state index contributed by atoms with van der Waals surface area (Å²) in [6.45, 7) is 4.01. The van der Waals surface area contributed by atoms with Gasteiger partial charge in [0.2, 0.25) is 11.8 Å². The van der Waals surface area contributed by atoms with Gasteiger partial charge in [-0.1, -0.05) is 13.0 Å². The van der Waals surface area contributed by atoms with E-state index < -0.39 is 0 Å². The van der Waals surface area contributed by atoms with Gasteiger partial charge in [-0.15, -0.1) is 0 Å². The van der Waals surface area contributed by atoms with Gasteiger partial charge in [0.15, 0.2) is 0 Å². The lowest BCUT2D eigenvalue weighted by atomic mass is 10.00. The van der Waals surface area contributed by atoms with Gasteiger partial charge in [-0.3, -0.25) is 9.59 Å². The smallest absolute Gasteiger partial charge is 0.237 e. The number of anilines is 2. The van der Waals surface area contributed by atoms with Crippen LogP contribution in [0, 0.1) is 24.7 Å². The predicted molar refractivity (Wildman–Crippen MR) is 73.5 cm³/mol. The molecule has 0 aromatic heterocycles. The van der Waals surface area contributed by atoms with Crippen molar-refractivity contribution in [1.29, 1.82) is 0 Å². The van der Waals surface area contributed by atoms with Crippen LogP contribution in [0.1, 0.15) is 25.3 Å². The normalized spacial score (nSPS) is 30.0. The summed E-state index contributed by atoms with van der Waals surface area (Å²) in [5.41, 5.74) is 8.05. The van der Waals surface area contributed by atoms with Gasteiger partial charge >= 0.3 is 0 Å². The van der Waals surface area contributed by atoms with E-state index in [1.165, 1.54) is 4.90 Å². The fourth-order valence-corrected chi connectivity index (χ4v) is 3.30. The second kappa shape index (κ2) is 4.08. The maximum absolute atomic E-state index is 12.4. The number of aryl methyl sites for hydroxylation is 1. The van der Waals surface area contributed by atoms with Gasteiger partial charge in [-0.05, 0) is 43.4 Å². The average Bonchev–Trinajstić information content (AvgIpc) is 2.84. The second-order valence-electron chi connectivity index (χ2n) is 5.84. The minimum absolute atomic E-state index is 0.0531. The van der Waals surface area contributed by atoms with E-state index in [9.17, 15) is 9.59 Å². The van der Waals surface area contributed by atoms with E-state index >= 15 is 0 Å². The third kappa shape index (κ3) is 1.74. The molecule has 2 atom stereocenters. The first-order chi connectivity index (χ1) is 8.99. The van der Waals surface area contributed by atoms with E-state index in [4.69, 9.17) is 5.73 Å². The molecular weight excluding hydrogens is 240 g/mol. The summed E-state index contributed by atoms with van der Waals surface area (Å²) in [5.74, 6) is 0.119. The minimum Gasteiger partial charge on any atom is -0.398 e. The molecule has 4 nitrogen and oxygen atoms in total. The monoisotopic (exact) mass is 258 g/mol. The second-order valence-corrected chi connectivity index (χ2v) is 5.84. The highest BCUT2D eigenvalue weighted by molar-refractivity contribution is 6.22. The molecule has 1 saturated carbocycles. The molecular formula is C15H18N2O2. The van der Waals surface area contributed by atoms with Crippen molar-refractivity contribution in [3.8, 4) is 0 Å². The van der Waals surface area contributed by atoms with Crippen molar-refractivity contribution >= 4 is 23.2 Å². The first-order valence-electron chi connectivity index (χ1n) is 6.73. The third-order valence-corrected chi connectivity index (χ3v) is 4.39. The van der Waals surface area contributed by atoms with Crippen molar-refractivity contribution in [2.45, 2.75) is 26.7 Å². The number of nitrogen functional groups attached to an aromatic ring is 1. The van der Waals surface area contributed by atoms with Gasteiger partial charge in [0.05, 0.1) is 17.5 Å². The zero-order valence-corrected chi connectivity index (χ0v) is 11.2. The number of rotatable bonds is 1. The van der Waals surface area contributed by atoms with Gasteiger partial charge < -0.3 is 5.73 Å². The molecule has 1 aromatic rings. The van der Waals surface area contributed by atoms with Crippen molar-refractivity contribution in [1.82, 2.24) is 0 Å². The first kappa shape index (κ1) is 12.2. The molecule has 2 unspecified atom stereocenters. The molecule has 1 saturated heterocycles. The summed E-state index contributed by atoms with van der Waals surface area (Å²) in [5, 5.41) is 0. The number of hydrogen-bond acceptors (Lipinski definition) is 3. The molecule has 1 aromatic carbocycles. The summed E-state index contributed by atoms with van der Waals surface area (Å²) in [4.78, 5) is 26.1. The molecule has 2 aliphatic rings. The van der Waals surface area contributed by atoms with Crippen molar-refractivity contribution < 1.29 is 9.59 Å². The maximum Gasteiger partial charge on any atom is 0.237 e. The zero-order valence-electron chi connectivity index (χ0n) is 11.2. The van der Waals surface area contributed by atoms with Crippen LogP contribution in [0.4, 0.5) is 11.4 Å². The fourth-order valence-electron chi connectivity index (χ4n) is 3.30. The summed E-state index contributed by atoms with van der Waals surface area (Å²) in [6.07, 6.45) is 1.65. The number of fused-ring (bicyclic) bond motifs is 1. The van der Waals surface area contributed by atoms with Crippen LogP contribution in [0.2, 0.25) is 0 Å². The Morgan fingerprint density at radius 2 is 1.74 bits per heavy atom. The Bertz CT molecular complexity index is 543. The van der Waals surface area contributed by atoms with Crippen LogP contribution >= 0.6 is 0 Å². The molecule has 3 rings (SSSR count). The molecule has 1 aliphatic carbocycles. The number of nitrogens with two attached hydrogens (primary N) is 1. The lowest BCUT2D eigenvalue weighted by Gasteiger charge is -2.17. The van der Waals surface area contributed by atoms with E-state index in [2.05, 4.69) is 6.92 Å². The van der Waals surface area contributed by atoms with Gasteiger partial charge in [0, 0.05) is 5.69 Å². The van der Waals surface area contributed by atoms with Gasteiger partial charge in [0.1, 0.15) is 0 Å². The summed E-state index contributed by atoms with van der Waals surface area (Å²) in [7, 11) is 0. The standard InChI is InChI=1S/C15H18N2O2/c1-8-5-11-12(6-8)15(19)17(14(11)18)10-4-3-9(2)13(16)7-10/h3-4,7-8,11-12H,5-6,16H2,1-2H3. The van der Waals surface area contributed by atoms with E-state index in [0.29, 0.717) is 17.3 Å². The molecule has 0 bridgehead atoms. The van der Waals surface area contributed by atoms with Gasteiger partial charge in [-0.2, -0.15) is 0 Å². The molecule has 1 heterocycles. The molecule has 0 spiro atoms. The highest BCUT2D eigenvalue weighted by atomic mass is 16.2. The van der Waals surface area contributed by atoms with Crippen LogP contribution < -0.4 is 10.6 Å². The molecule has 4 heteroatoms. The largest absolute Gasteiger partial charge is 0.398 e. The molecule has 2 N–H and O–H groups in total. The summed E-state index contributed by atoms with van der Waals surface area (Å²) in [6, 6.07) is 5.36. The number of imide groups is 1. The Morgan fingerprint density at radius 3 is 2.26 bits per heavy atom. The SMILES string of the molecule is Cc1ccc(N2C(=O)C3CC(C)CC3C2=O)cc1N. The lowest BCUT2D eigenvalue weighted by molar-refractivity contribution is -0.123. The Kier molecular flexibility index (Phi) is 2.62. The number of amides is 2. The first-order valence-corrected chi connectivity index (χ1v) is 6.73. The van der Waals surface area contributed by atoms with Crippen molar-refractivity contribution in [2.75, 3.05) is 10.6 Å². The fraction of sp³-hybridized carbons (Fsp3) is 0.467. The molecule has 1 aliphatic heterocycles. The number of carbonyl (C=O) groups excluding carboxylic acids is 2. The number of hydrogen-bond donors (Lipinski definition) is 1. The topological polar surface area (TPSA) is 63.4 Å². The molecule has 100 valence electrons. The highest BCUT2D eigenvalue weighted by Crippen LogP contribution is 2.44. The zero-order chi connectivity index (χ0) is 13.7.